The second kappa shape index (κ2) is 7.10. The molecule has 1 N–H and O–H groups in total. The van der Waals surface area contributed by atoms with Crippen molar-refractivity contribution < 1.29 is 14.6 Å². The zero-order valence-corrected chi connectivity index (χ0v) is 15.8. The van der Waals surface area contributed by atoms with Crippen LogP contribution in [0.15, 0.2) is 30.3 Å². The van der Waals surface area contributed by atoms with Gasteiger partial charge in [-0.05, 0) is 18.6 Å². The standard InChI is InChI=1S/C16H9Cl2N3O5S/c1-7-5-12(21(25)26)9(17)6-10(7)19-16(22)15-13(18)8-3-2-4-11(20(23)24)14(8)27-15/h2-6H,1H3,(H,19,22). The quantitative estimate of drug-likeness (QED) is 0.432. The molecule has 27 heavy (non-hydrogen) atoms. The van der Waals surface area contributed by atoms with E-state index in [1.807, 2.05) is 0 Å². The highest BCUT2D eigenvalue weighted by molar-refractivity contribution is 7.22. The number of hydrogen-bond acceptors (Lipinski definition) is 6. The molecular formula is C16H9Cl2N3O5S. The number of carbonyl (C=O) groups excluding carboxylic acids is 1. The van der Waals surface area contributed by atoms with Gasteiger partial charge in [0.2, 0.25) is 0 Å². The Morgan fingerprint density at radius 2 is 1.78 bits per heavy atom. The minimum absolute atomic E-state index is 0.0924. The Morgan fingerprint density at radius 3 is 2.41 bits per heavy atom. The highest BCUT2D eigenvalue weighted by Gasteiger charge is 2.24. The number of benzene rings is 2. The van der Waals surface area contributed by atoms with Crippen LogP contribution in [0, 0.1) is 27.2 Å². The van der Waals surface area contributed by atoms with Crippen molar-refractivity contribution in [1.29, 1.82) is 0 Å². The fourth-order valence-corrected chi connectivity index (χ4v) is 4.21. The summed E-state index contributed by atoms with van der Waals surface area (Å²) in [5.74, 6) is -0.594. The average Bonchev–Trinajstić information content (AvgIpc) is 2.94. The summed E-state index contributed by atoms with van der Waals surface area (Å²) in [7, 11) is 0. The molecule has 138 valence electrons. The summed E-state index contributed by atoms with van der Waals surface area (Å²) in [5.41, 5.74) is 0.289. The SMILES string of the molecule is Cc1cc([N+](=O)[O-])c(Cl)cc1NC(=O)c1sc2c([N+](=O)[O-])cccc2c1Cl. The molecule has 11 heteroatoms. The van der Waals surface area contributed by atoms with E-state index < -0.39 is 15.8 Å². The lowest BCUT2D eigenvalue weighted by molar-refractivity contribution is -0.384. The molecule has 0 spiro atoms. The number of thiophene rings is 1. The number of nitrogens with one attached hydrogen (secondary N) is 1. The van der Waals surface area contributed by atoms with Crippen LogP contribution in [-0.2, 0) is 0 Å². The number of halogens is 2. The fraction of sp³-hybridized carbons (Fsp3) is 0.0625. The van der Waals surface area contributed by atoms with E-state index in [4.69, 9.17) is 23.2 Å². The van der Waals surface area contributed by atoms with Crippen LogP contribution in [0.25, 0.3) is 10.1 Å². The highest BCUT2D eigenvalue weighted by Crippen LogP contribution is 2.40. The Morgan fingerprint density at radius 1 is 1.11 bits per heavy atom. The first kappa shape index (κ1) is 19.0. The van der Waals surface area contributed by atoms with Gasteiger partial charge in [-0.15, -0.1) is 11.3 Å². The predicted molar refractivity (Wildman–Crippen MR) is 104 cm³/mol. The molecule has 3 aromatic rings. The lowest BCUT2D eigenvalue weighted by Gasteiger charge is -2.08. The van der Waals surface area contributed by atoms with Crippen molar-refractivity contribution in [2.75, 3.05) is 5.32 Å². The molecule has 2 aromatic carbocycles. The molecule has 0 aliphatic carbocycles. The molecule has 0 unspecified atom stereocenters. The second-order valence-corrected chi connectivity index (χ2v) is 7.29. The van der Waals surface area contributed by atoms with Crippen molar-refractivity contribution in [3.05, 3.63) is 71.0 Å². The first-order chi connectivity index (χ1) is 12.7. The van der Waals surface area contributed by atoms with Crippen molar-refractivity contribution in [2.45, 2.75) is 6.92 Å². The van der Waals surface area contributed by atoms with Gasteiger partial charge in [-0.25, -0.2) is 0 Å². The van der Waals surface area contributed by atoms with E-state index in [1.165, 1.54) is 24.3 Å². The van der Waals surface area contributed by atoms with Crippen LogP contribution in [-0.4, -0.2) is 15.8 Å². The van der Waals surface area contributed by atoms with Crippen LogP contribution in [0.4, 0.5) is 17.1 Å². The molecule has 0 aliphatic heterocycles. The lowest BCUT2D eigenvalue weighted by Crippen LogP contribution is -2.12. The number of non-ortho nitro benzene ring substituents is 1. The number of carbonyl (C=O) groups is 1. The largest absolute Gasteiger partial charge is 0.321 e. The number of aryl methyl sites for hydroxylation is 1. The zero-order valence-electron chi connectivity index (χ0n) is 13.5. The Hall–Kier alpha value is -2.75. The van der Waals surface area contributed by atoms with Gasteiger partial charge in [-0.2, -0.15) is 0 Å². The maximum Gasteiger partial charge on any atom is 0.288 e. The zero-order chi connectivity index (χ0) is 19.9. The topological polar surface area (TPSA) is 115 Å². The first-order valence-corrected chi connectivity index (χ1v) is 8.89. The number of nitrogens with zero attached hydrogens (tertiary/aromatic N) is 2. The van der Waals surface area contributed by atoms with Crippen LogP contribution in [0.2, 0.25) is 10.0 Å². The Labute approximate surface area is 165 Å². The van der Waals surface area contributed by atoms with Gasteiger partial charge in [-0.3, -0.25) is 25.0 Å². The van der Waals surface area contributed by atoms with Crippen LogP contribution in [0.3, 0.4) is 0 Å². The summed E-state index contributed by atoms with van der Waals surface area (Å²) in [5, 5.41) is 25.1. The Kier molecular flexibility index (Phi) is 5.01. The van der Waals surface area contributed by atoms with Gasteiger partial charge in [0.15, 0.2) is 0 Å². The Bertz CT molecular complexity index is 1130. The maximum atomic E-state index is 12.6. The van der Waals surface area contributed by atoms with E-state index >= 15 is 0 Å². The van der Waals surface area contributed by atoms with Crippen molar-refractivity contribution in [3.63, 3.8) is 0 Å². The molecule has 0 saturated carbocycles. The second-order valence-electron chi connectivity index (χ2n) is 5.49. The van der Waals surface area contributed by atoms with E-state index in [2.05, 4.69) is 5.32 Å². The van der Waals surface area contributed by atoms with Gasteiger partial charge in [0.1, 0.15) is 14.6 Å². The molecule has 0 aliphatic rings. The van der Waals surface area contributed by atoms with Gasteiger partial charge in [0.05, 0.1) is 14.9 Å². The summed E-state index contributed by atoms with van der Waals surface area (Å²) in [6, 6.07) is 6.93. The number of rotatable bonds is 4. The van der Waals surface area contributed by atoms with E-state index in [-0.39, 0.29) is 36.7 Å². The van der Waals surface area contributed by atoms with E-state index in [0.717, 1.165) is 11.3 Å². The smallest absolute Gasteiger partial charge is 0.288 e. The molecular weight excluding hydrogens is 417 g/mol. The molecule has 8 nitrogen and oxygen atoms in total. The summed E-state index contributed by atoms with van der Waals surface area (Å²) in [6.45, 7) is 1.58. The number of anilines is 1. The van der Waals surface area contributed by atoms with Crippen LogP contribution >= 0.6 is 34.5 Å². The number of hydrogen-bond donors (Lipinski definition) is 1. The summed E-state index contributed by atoms with van der Waals surface area (Å²) >= 11 is 13.0. The number of amides is 1. The molecule has 1 aromatic heterocycles. The van der Waals surface area contributed by atoms with Gasteiger partial charge >= 0.3 is 0 Å². The van der Waals surface area contributed by atoms with Gasteiger partial charge in [-0.1, -0.05) is 35.3 Å². The summed E-state index contributed by atoms with van der Waals surface area (Å²) in [6.07, 6.45) is 0. The third kappa shape index (κ3) is 3.44. The summed E-state index contributed by atoms with van der Waals surface area (Å²) < 4.78 is 0.288. The van der Waals surface area contributed by atoms with Gasteiger partial charge in [0, 0.05) is 23.2 Å². The van der Waals surface area contributed by atoms with Crippen LogP contribution < -0.4 is 5.32 Å². The van der Waals surface area contributed by atoms with Gasteiger partial charge in [0.25, 0.3) is 17.3 Å². The molecule has 1 amide bonds. The van der Waals surface area contributed by atoms with Crippen molar-refractivity contribution in [2.24, 2.45) is 0 Å². The normalized spacial score (nSPS) is 10.8. The van der Waals surface area contributed by atoms with Crippen molar-refractivity contribution >= 4 is 67.6 Å². The minimum Gasteiger partial charge on any atom is -0.321 e. The fourth-order valence-electron chi connectivity index (χ4n) is 2.48. The lowest BCUT2D eigenvalue weighted by atomic mass is 10.1. The monoisotopic (exact) mass is 425 g/mol. The molecule has 0 radical (unpaired) electrons. The average molecular weight is 426 g/mol. The first-order valence-electron chi connectivity index (χ1n) is 7.32. The van der Waals surface area contributed by atoms with Crippen molar-refractivity contribution in [1.82, 2.24) is 0 Å². The molecule has 0 saturated heterocycles. The number of fused-ring (bicyclic) bond motifs is 1. The number of nitro benzene ring substituents is 2. The van der Waals surface area contributed by atoms with Gasteiger partial charge < -0.3 is 5.32 Å². The Balaban J connectivity index is 2.01. The maximum absolute atomic E-state index is 12.6. The molecule has 0 bridgehead atoms. The van der Waals surface area contributed by atoms with E-state index in [9.17, 15) is 25.0 Å². The molecule has 0 atom stereocenters. The van der Waals surface area contributed by atoms with Crippen LogP contribution in [0.1, 0.15) is 15.2 Å². The third-order valence-corrected chi connectivity index (χ3v) is 5.81. The van der Waals surface area contributed by atoms with Crippen molar-refractivity contribution in [3.8, 4) is 0 Å². The molecule has 3 rings (SSSR count). The van der Waals surface area contributed by atoms with Crippen LogP contribution in [0.5, 0.6) is 0 Å². The molecule has 0 fully saturated rings. The number of nitro groups is 2. The third-order valence-electron chi connectivity index (χ3n) is 3.78. The highest BCUT2D eigenvalue weighted by atomic mass is 35.5. The van der Waals surface area contributed by atoms with E-state index in [1.54, 1.807) is 13.0 Å². The summed E-state index contributed by atoms with van der Waals surface area (Å²) in [4.78, 5) is 33.6. The molecule has 1 heterocycles. The minimum atomic E-state index is -0.622. The predicted octanol–water partition coefficient (Wildman–Crippen LogP) is 5.59. The van der Waals surface area contributed by atoms with E-state index in [0.29, 0.717) is 10.9 Å².